The van der Waals surface area contributed by atoms with Crippen LogP contribution in [0.15, 0.2) is 105 Å². The molecule has 51 heavy (non-hydrogen) atoms. The summed E-state index contributed by atoms with van der Waals surface area (Å²) in [6, 6.07) is 29.7. The van der Waals surface area contributed by atoms with Crippen molar-refractivity contribution in [2.45, 2.75) is 15.4 Å². The second-order valence-corrected chi connectivity index (χ2v) is 15.5. The number of nitriles is 2. The van der Waals surface area contributed by atoms with Gasteiger partial charge in [0.2, 0.25) is 0 Å². The quantitative estimate of drug-likeness (QED) is 0.134. The summed E-state index contributed by atoms with van der Waals surface area (Å²) in [5, 5.41) is 29.5. The predicted octanol–water partition coefficient (Wildman–Crippen LogP) is 11.7. The van der Waals surface area contributed by atoms with Gasteiger partial charge >= 0.3 is 5.97 Å². The van der Waals surface area contributed by atoms with Gasteiger partial charge in [0.1, 0.15) is 23.6 Å². The number of hydrogen-bond donors (Lipinski definition) is 2. The molecule has 4 aliphatic rings. The van der Waals surface area contributed by atoms with Gasteiger partial charge in [-0.15, -0.1) is 0 Å². The fourth-order valence-corrected chi connectivity index (χ4v) is 9.53. The van der Waals surface area contributed by atoms with Crippen LogP contribution in [0, 0.1) is 22.7 Å². The second kappa shape index (κ2) is 11.9. The van der Waals surface area contributed by atoms with Gasteiger partial charge < -0.3 is 20.1 Å². The van der Waals surface area contributed by atoms with Gasteiger partial charge in [-0.1, -0.05) is 94.2 Å². The Morgan fingerprint density at radius 3 is 1.61 bits per heavy atom. The second-order valence-electron chi connectivity index (χ2n) is 11.7. The predicted molar refractivity (Wildman–Crippen MR) is 202 cm³/mol. The summed E-state index contributed by atoms with van der Waals surface area (Å²) >= 11 is 29.8. The molecule has 0 fully saturated rings. The molecule has 0 aliphatic carbocycles. The van der Waals surface area contributed by atoms with Crippen molar-refractivity contribution >= 4 is 98.4 Å². The van der Waals surface area contributed by atoms with Gasteiger partial charge in [-0.25, -0.2) is 4.79 Å². The number of rotatable bonds is 2. The Kier molecular flexibility index (Phi) is 7.54. The van der Waals surface area contributed by atoms with Crippen LogP contribution in [0.25, 0.3) is 11.1 Å². The zero-order valence-electron chi connectivity index (χ0n) is 25.5. The first-order valence-electron chi connectivity index (χ1n) is 15.2. The SMILES string of the molecule is N#C/C(=C1\Nc2ccccc2S1)c1cc2c(cc1Cl)C1(OC(=O)c3cc(Cl)c(Cl)cc31)c1cc(Cl)c(/C(C#N)=C3/Nc4ccccc4S3)cc1O2. The first kappa shape index (κ1) is 32.2. The molecule has 7 nitrogen and oxygen atoms in total. The molecule has 4 heterocycles. The fourth-order valence-electron chi connectivity index (χ4n) is 6.66. The third kappa shape index (κ3) is 4.85. The van der Waals surface area contributed by atoms with E-state index in [1.54, 1.807) is 30.3 Å². The summed E-state index contributed by atoms with van der Waals surface area (Å²) in [6.45, 7) is 0. The van der Waals surface area contributed by atoms with Crippen LogP contribution in [-0.2, 0) is 10.3 Å². The molecule has 0 bridgehead atoms. The van der Waals surface area contributed by atoms with Gasteiger partial charge in [-0.2, -0.15) is 10.5 Å². The summed E-state index contributed by atoms with van der Waals surface area (Å²) in [5.74, 6) is -0.110. The maximum Gasteiger partial charge on any atom is 0.340 e. The van der Waals surface area contributed by atoms with Crippen LogP contribution in [0.3, 0.4) is 0 Å². The zero-order chi connectivity index (χ0) is 35.2. The number of benzene rings is 5. The molecule has 13 heteroatoms. The molecule has 5 aromatic rings. The standard InChI is InChI=1S/C38H16Cl4N4O3S2/c39-25-13-23-31(10-17(25)20(15-43)35-45-29-5-1-3-7-33(29)50-35)48-32-11-18(21(16-44)36-46-30-6-2-4-8-34(30)51-36)26(40)14-24(32)38(23)22-12-28(42)27(41)9-19(22)37(47)49-38/h1-14,45-46H/b35-20-,36-21-. The maximum absolute atomic E-state index is 13.6. The van der Waals surface area contributed by atoms with Crippen molar-refractivity contribution in [1.29, 1.82) is 10.5 Å². The van der Waals surface area contributed by atoms with E-state index in [1.807, 2.05) is 48.5 Å². The Morgan fingerprint density at radius 1 is 0.647 bits per heavy atom. The number of para-hydroxylation sites is 2. The van der Waals surface area contributed by atoms with Crippen molar-refractivity contribution in [3.8, 4) is 23.6 Å². The van der Waals surface area contributed by atoms with Crippen molar-refractivity contribution in [1.82, 2.24) is 0 Å². The van der Waals surface area contributed by atoms with Crippen LogP contribution in [0.1, 0.15) is 38.2 Å². The summed E-state index contributed by atoms with van der Waals surface area (Å²) in [5.41, 5.74) is 2.90. The van der Waals surface area contributed by atoms with Gasteiger partial charge in [-0.3, -0.25) is 0 Å². The molecule has 0 atom stereocenters. The molecule has 5 aromatic carbocycles. The minimum absolute atomic E-state index is 0.180. The van der Waals surface area contributed by atoms with E-state index in [9.17, 15) is 15.3 Å². The minimum atomic E-state index is -1.62. The van der Waals surface area contributed by atoms with Gasteiger partial charge in [0.15, 0.2) is 5.60 Å². The Balaban J connectivity index is 1.26. The highest BCUT2D eigenvalue weighted by molar-refractivity contribution is 8.04. The third-order valence-electron chi connectivity index (χ3n) is 8.93. The molecule has 4 aliphatic heterocycles. The van der Waals surface area contributed by atoms with Crippen LogP contribution in [0.5, 0.6) is 11.5 Å². The summed E-state index contributed by atoms with van der Waals surface area (Å²) in [4.78, 5) is 15.6. The van der Waals surface area contributed by atoms with E-state index in [2.05, 4.69) is 22.8 Å². The molecule has 1 spiro atoms. The Hall–Kier alpha value is -4.71. The van der Waals surface area contributed by atoms with Gasteiger partial charge in [-0.05, 0) is 60.7 Å². The molecular formula is C38H16Cl4N4O3S2. The van der Waals surface area contributed by atoms with E-state index in [0.29, 0.717) is 49.0 Å². The molecule has 0 radical (unpaired) electrons. The number of thioether (sulfide) groups is 2. The third-order valence-corrected chi connectivity index (χ3v) is 12.5. The zero-order valence-corrected chi connectivity index (χ0v) is 30.2. The van der Waals surface area contributed by atoms with Gasteiger partial charge in [0, 0.05) is 47.7 Å². The normalized spacial score (nSPS) is 19.2. The number of allylic oxidation sites excluding steroid dienone is 2. The average molecular weight is 783 g/mol. The number of ether oxygens (including phenoxy) is 2. The number of anilines is 2. The van der Waals surface area contributed by atoms with Crippen LogP contribution in [0.4, 0.5) is 11.4 Å². The molecular weight excluding hydrogens is 766 g/mol. The van der Waals surface area contributed by atoms with Crippen molar-refractivity contribution < 1.29 is 14.3 Å². The van der Waals surface area contributed by atoms with Crippen LogP contribution in [-0.4, -0.2) is 5.97 Å². The van der Waals surface area contributed by atoms with E-state index in [0.717, 1.165) is 21.2 Å². The first-order valence-corrected chi connectivity index (χ1v) is 18.3. The molecule has 0 unspecified atom stereocenters. The van der Waals surface area contributed by atoms with Crippen LogP contribution < -0.4 is 15.4 Å². The topological polar surface area (TPSA) is 107 Å². The Labute approximate surface area is 319 Å². The van der Waals surface area contributed by atoms with Gasteiger partial charge in [0.25, 0.3) is 0 Å². The fraction of sp³-hybridized carbons (Fsp3) is 0.0263. The lowest BCUT2D eigenvalue weighted by Crippen LogP contribution is -2.33. The molecule has 0 amide bonds. The number of nitrogens with one attached hydrogen (secondary N) is 2. The number of fused-ring (bicyclic) bond motifs is 8. The Bertz CT molecular complexity index is 2420. The van der Waals surface area contributed by atoms with E-state index >= 15 is 0 Å². The van der Waals surface area contributed by atoms with E-state index in [-0.39, 0.29) is 37.2 Å². The van der Waals surface area contributed by atoms with Gasteiger partial charge in [0.05, 0.1) is 48.2 Å². The van der Waals surface area contributed by atoms with Crippen molar-refractivity contribution in [2.24, 2.45) is 0 Å². The number of nitrogens with zero attached hydrogens (tertiary/aromatic N) is 2. The lowest BCUT2D eigenvalue weighted by atomic mass is 9.76. The summed E-state index contributed by atoms with van der Waals surface area (Å²) in [7, 11) is 0. The lowest BCUT2D eigenvalue weighted by molar-refractivity contribution is 0.0224. The molecule has 0 saturated carbocycles. The summed E-state index contributed by atoms with van der Waals surface area (Å²) < 4.78 is 12.9. The van der Waals surface area contributed by atoms with Crippen molar-refractivity contribution in [2.75, 3.05) is 10.6 Å². The van der Waals surface area contributed by atoms with E-state index in [4.69, 9.17) is 55.9 Å². The van der Waals surface area contributed by atoms with Crippen molar-refractivity contribution in [3.63, 3.8) is 0 Å². The number of halogens is 4. The van der Waals surface area contributed by atoms with E-state index < -0.39 is 11.6 Å². The number of esters is 1. The Morgan fingerprint density at radius 2 is 1.12 bits per heavy atom. The minimum Gasteiger partial charge on any atom is -0.456 e. The highest BCUT2D eigenvalue weighted by atomic mass is 35.5. The number of carbonyl (C=O) groups excluding carboxylic acids is 1. The number of carbonyl (C=O) groups is 1. The molecule has 0 saturated heterocycles. The first-order chi connectivity index (χ1) is 24.7. The summed E-state index contributed by atoms with van der Waals surface area (Å²) in [6.07, 6.45) is 0. The van der Waals surface area contributed by atoms with Crippen LogP contribution >= 0.6 is 69.9 Å². The largest absolute Gasteiger partial charge is 0.456 e. The number of hydrogen-bond acceptors (Lipinski definition) is 9. The highest BCUT2D eigenvalue weighted by Gasteiger charge is 2.54. The molecule has 9 rings (SSSR count). The molecule has 2 N–H and O–H groups in total. The molecule has 0 aromatic heterocycles. The van der Waals surface area contributed by atoms with E-state index in [1.165, 1.54) is 29.6 Å². The monoisotopic (exact) mass is 780 g/mol. The van der Waals surface area contributed by atoms with Crippen molar-refractivity contribution in [3.05, 3.63) is 148 Å². The smallest absolute Gasteiger partial charge is 0.340 e. The lowest BCUT2D eigenvalue weighted by Gasteiger charge is -2.37. The maximum atomic E-state index is 13.6. The average Bonchev–Trinajstić information content (AvgIpc) is 3.82. The highest BCUT2D eigenvalue weighted by Crippen LogP contribution is 2.59. The molecule has 246 valence electrons. The van der Waals surface area contributed by atoms with Crippen LogP contribution in [0.2, 0.25) is 20.1 Å².